The molecule has 0 saturated heterocycles. The van der Waals surface area contributed by atoms with Crippen LogP contribution in [0.4, 0.5) is 0 Å². The van der Waals surface area contributed by atoms with Gasteiger partial charge in [-0.15, -0.1) is 0 Å². The fourth-order valence-corrected chi connectivity index (χ4v) is 4.55. The molecule has 2 amide bonds. The van der Waals surface area contributed by atoms with Crippen molar-refractivity contribution in [2.75, 3.05) is 13.7 Å². The highest BCUT2D eigenvalue weighted by molar-refractivity contribution is 5.95. The van der Waals surface area contributed by atoms with Crippen LogP contribution in [0, 0.1) is 5.92 Å². The number of primary amides is 1. The molecule has 3 aromatic carbocycles. The number of nitrogens with one attached hydrogen (secondary N) is 2. The molecular formula is C30H32N4O5. The topological polar surface area (TPSA) is 150 Å². The van der Waals surface area contributed by atoms with Gasteiger partial charge >= 0.3 is 0 Å². The number of ether oxygens (including phenoxy) is 2. The van der Waals surface area contributed by atoms with Crippen molar-refractivity contribution in [3.8, 4) is 11.5 Å². The van der Waals surface area contributed by atoms with Crippen molar-refractivity contribution in [2.45, 2.75) is 25.4 Å². The maximum Gasteiger partial charge on any atom is 0.252 e. The molecule has 1 unspecified atom stereocenters. The van der Waals surface area contributed by atoms with Crippen LogP contribution < -0.4 is 26.3 Å². The second kappa shape index (κ2) is 12.7. The Hall–Kier alpha value is -4.63. The summed E-state index contributed by atoms with van der Waals surface area (Å²) < 4.78 is 11.1. The smallest absolute Gasteiger partial charge is 0.252 e. The second-order valence-electron chi connectivity index (χ2n) is 9.19. The van der Waals surface area contributed by atoms with Gasteiger partial charge in [-0.25, -0.2) is 0 Å². The number of hydrogen-bond acceptors (Lipinski definition) is 6. The zero-order valence-electron chi connectivity index (χ0n) is 21.7. The normalized spacial score (nSPS) is 12.5. The number of ketones is 1. The summed E-state index contributed by atoms with van der Waals surface area (Å²) in [6, 6.07) is 21.7. The van der Waals surface area contributed by atoms with E-state index < -0.39 is 18.0 Å². The van der Waals surface area contributed by atoms with Gasteiger partial charge in [0.2, 0.25) is 5.91 Å². The van der Waals surface area contributed by atoms with E-state index in [1.54, 1.807) is 25.3 Å². The molecule has 4 aromatic rings. The van der Waals surface area contributed by atoms with Gasteiger partial charge in [-0.1, -0.05) is 48.5 Å². The van der Waals surface area contributed by atoms with Crippen LogP contribution in [0.15, 0.2) is 79.0 Å². The minimum absolute atomic E-state index is 0.171. The third-order valence-corrected chi connectivity index (χ3v) is 6.63. The van der Waals surface area contributed by atoms with Crippen LogP contribution in [0.3, 0.4) is 0 Å². The van der Waals surface area contributed by atoms with Gasteiger partial charge in [0.05, 0.1) is 24.8 Å². The van der Waals surface area contributed by atoms with Crippen molar-refractivity contribution in [1.82, 2.24) is 10.3 Å². The number of methoxy groups -OCH3 is 1. The Morgan fingerprint density at radius 3 is 2.38 bits per heavy atom. The molecule has 0 spiro atoms. The molecule has 0 saturated carbocycles. The number of hydrogen-bond donors (Lipinski definition) is 4. The van der Waals surface area contributed by atoms with E-state index in [0.29, 0.717) is 12.2 Å². The number of carbonyl (C=O) groups excluding carboxylic acids is 3. The number of aromatic nitrogens is 1. The molecule has 202 valence electrons. The Labute approximate surface area is 226 Å². The first-order valence-corrected chi connectivity index (χ1v) is 12.6. The van der Waals surface area contributed by atoms with E-state index in [9.17, 15) is 14.4 Å². The van der Waals surface area contributed by atoms with E-state index in [1.807, 2.05) is 54.7 Å². The summed E-state index contributed by atoms with van der Waals surface area (Å²) in [5.74, 6) is -1.15. The number of benzene rings is 3. The summed E-state index contributed by atoms with van der Waals surface area (Å²) in [5, 5.41) is 3.76. The highest BCUT2D eigenvalue weighted by Crippen LogP contribution is 2.24. The Balaban J connectivity index is 1.48. The Morgan fingerprint density at radius 1 is 0.923 bits per heavy atom. The highest BCUT2D eigenvalue weighted by atomic mass is 16.5. The van der Waals surface area contributed by atoms with E-state index in [0.717, 1.165) is 22.0 Å². The molecule has 9 nitrogen and oxygen atoms in total. The molecule has 1 heterocycles. The zero-order chi connectivity index (χ0) is 27.8. The lowest BCUT2D eigenvalue weighted by molar-refractivity contribution is -0.127. The van der Waals surface area contributed by atoms with Gasteiger partial charge < -0.3 is 31.2 Å². The lowest BCUT2D eigenvalue weighted by atomic mass is 9.92. The molecule has 0 fully saturated rings. The molecule has 4 rings (SSSR count). The number of rotatable bonds is 13. The summed E-state index contributed by atoms with van der Waals surface area (Å²) in [6.45, 7) is -0.345. The molecule has 2 atom stereocenters. The van der Waals surface area contributed by atoms with Crippen molar-refractivity contribution in [3.05, 3.63) is 95.7 Å². The van der Waals surface area contributed by atoms with Crippen molar-refractivity contribution in [3.63, 3.8) is 0 Å². The summed E-state index contributed by atoms with van der Waals surface area (Å²) >= 11 is 0. The quantitative estimate of drug-likeness (QED) is 0.196. The lowest BCUT2D eigenvalue weighted by Gasteiger charge is -2.24. The number of aromatic amines is 1. The van der Waals surface area contributed by atoms with Gasteiger partial charge in [0.1, 0.15) is 18.1 Å². The first-order valence-electron chi connectivity index (χ1n) is 12.6. The Morgan fingerprint density at radius 2 is 1.62 bits per heavy atom. The molecular weight excluding hydrogens is 496 g/mol. The number of H-pyrrole nitrogens is 1. The van der Waals surface area contributed by atoms with Crippen LogP contribution in [0.25, 0.3) is 10.9 Å². The third kappa shape index (κ3) is 6.82. The minimum Gasteiger partial charge on any atom is -0.496 e. The maximum atomic E-state index is 13.4. The van der Waals surface area contributed by atoms with Gasteiger partial charge in [0.25, 0.3) is 5.91 Å². The molecule has 0 aliphatic carbocycles. The lowest BCUT2D eigenvalue weighted by Crippen LogP contribution is -2.51. The number of fused-ring (bicyclic) bond motifs is 1. The fraction of sp³-hybridized carbons (Fsp3) is 0.233. The van der Waals surface area contributed by atoms with Crippen LogP contribution in [0.1, 0.15) is 27.9 Å². The van der Waals surface area contributed by atoms with Gasteiger partial charge in [-0.2, -0.15) is 0 Å². The molecule has 9 heteroatoms. The molecule has 1 aromatic heterocycles. The second-order valence-corrected chi connectivity index (χ2v) is 9.19. The minimum atomic E-state index is -0.966. The Kier molecular flexibility index (Phi) is 8.96. The largest absolute Gasteiger partial charge is 0.496 e. The van der Waals surface area contributed by atoms with Crippen LogP contribution in [-0.4, -0.2) is 42.5 Å². The highest BCUT2D eigenvalue weighted by Gasteiger charge is 2.29. The molecule has 0 radical (unpaired) electrons. The number of aryl methyl sites for hydroxylation is 1. The van der Waals surface area contributed by atoms with Gasteiger partial charge in [0, 0.05) is 23.5 Å². The predicted molar refractivity (Wildman–Crippen MR) is 148 cm³/mol. The van der Waals surface area contributed by atoms with Gasteiger partial charge in [-0.3, -0.25) is 14.4 Å². The summed E-state index contributed by atoms with van der Waals surface area (Å²) in [6.07, 6.45) is 1.77. The van der Waals surface area contributed by atoms with Crippen molar-refractivity contribution < 1.29 is 23.9 Å². The van der Waals surface area contributed by atoms with Crippen molar-refractivity contribution >= 4 is 28.5 Å². The predicted octanol–water partition coefficient (Wildman–Crippen LogP) is 3.12. The SMILES string of the molecule is COc1ccccc1CCC(=O)N[C@@H](N)C(Cc1c[nH]c2ccccc12)C(=O)COc1ccccc1C(N)=O. The number of nitrogens with two attached hydrogens (primary N) is 2. The van der Waals surface area contributed by atoms with E-state index in [1.165, 1.54) is 6.07 Å². The van der Waals surface area contributed by atoms with Crippen LogP contribution in [0.2, 0.25) is 0 Å². The van der Waals surface area contributed by atoms with Crippen molar-refractivity contribution in [1.29, 1.82) is 0 Å². The number of amides is 2. The van der Waals surface area contributed by atoms with Crippen molar-refractivity contribution in [2.24, 2.45) is 17.4 Å². The summed E-state index contributed by atoms with van der Waals surface area (Å²) in [4.78, 5) is 41.2. The molecule has 0 aliphatic rings. The number of carbonyl (C=O) groups is 3. The van der Waals surface area contributed by atoms with Crippen LogP contribution in [0.5, 0.6) is 11.5 Å². The first kappa shape index (κ1) is 27.4. The average Bonchev–Trinajstić information content (AvgIpc) is 3.36. The third-order valence-electron chi connectivity index (χ3n) is 6.63. The van der Waals surface area contributed by atoms with E-state index in [2.05, 4.69) is 10.3 Å². The number of para-hydroxylation sites is 3. The monoisotopic (exact) mass is 528 g/mol. The molecule has 0 bridgehead atoms. The van der Waals surface area contributed by atoms with E-state index in [4.69, 9.17) is 20.9 Å². The van der Waals surface area contributed by atoms with E-state index in [-0.39, 0.29) is 42.5 Å². The van der Waals surface area contributed by atoms with Crippen LogP contribution >= 0.6 is 0 Å². The number of Topliss-reactive ketones (excluding diaryl/α,β-unsaturated/α-hetero) is 1. The molecule has 6 N–H and O–H groups in total. The molecule has 39 heavy (non-hydrogen) atoms. The maximum absolute atomic E-state index is 13.4. The summed E-state index contributed by atoms with van der Waals surface area (Å²) in [7, 11) is 1.58. The van der Waals surface area contributed by atoms with Crippen LogP contribution in [-0.2, 0) is 22.4 Å². The van der Waals surface area contributed by atoms with Gasteiger partial charge in [0.15, 0.2) is 5.78 Å². The first-order chi connectivity index (χ1) is 18.9. The zero-order valence-corrected chi connectivity index (χ0v) is 21.7. The van der Waals surface area contributed by atoms with E-state index >= 15 is 0 Å². The molecule has 0 aliphatic heterocycles. The Bertz CT molecular complexity index is 1460. The standard InChI is InChI=1S/C30H32N4O5/c1-38-26-12-6-2-8-19(26)14-15-28(36)34-29(31)23(16-20-17-33-24-11-5-3-9-21(20)24)25(35)18-39-27-13-7-4-10-22(27)30(32)37/h2-13,17,23,29,33H,14-16,18,31H2,1H3,(H2,32,37)(H,34,36)/t23?,29-/m1/s1. The average molecular weight is 529 g/mol. The fourth-order valence-electron chi connectivity index (χ4n) is 4.55. The summed E-state index contributed by atoms with van der Waals surface area (Å²) in [5.41, 5.74) is 14.8. The van der Waals surface area contributed by atoms with Gasteiger partial charge in [-0.05, 0) is 48.2 Å².